The van der Waals surface area contributed by atoms with Crippen LogP contribution in [0.5, 0.6) is 0 Å². The predicted octanol–water partition coefficient (Wildman–Crippen LogP) is 3.37. The van der Waals surface area contributed by atoms with Gasteiger partial charge in [0, 0.05) is 18.3 Å². The van der Waals surface area contributed by atoms with Crippen LogP contribution >= 0.6 is 0 Å². The van der Waals surface area contributed by atoms with Gasteiger partial charge in [0.15, 0.2) is 0 Å². The van der Waals surface area contributed by atoms with Gasteiger partial charge in [-0.15, -0.1) is 0 Å². The zero-order valence-electron chi connectivity index (χ0n) is 13.6. The Labute approximate surface area is 126 Å². The zero-order chi connectivity index (χ0) is 16.2. The van der Waals surface area contributed by atoms with Crippen LogP contribution in [-0.2, 0) is 0 Å². The molecule has 21 heavy (non-hydrogen) atoms. The Balaban J connectivity index is 3.07. The first-order chi connectivity index (χ1) is 9.81. The molecule has 5 heteroatoms. The van der Waals surface area contributed by atoms with E-state index in [0.717, 1.165) is 19.3 Å². The fourth-order valence-corrected chi connectivity index (χ4v) is 2.55. The van der Waals surface area contributed by atoms with Crippen molar-refractivity contribution in [1.82, 2.24) is 9.88 Å². The molecular formula is C16H26N2O3. The molecule has 0 aliphatic carbocycles. The van der Waals surface area contributed by atoms with Gasteiger partial charge in [-0.3, -0.25) is 4.79 Å². The highest BCUT2D eigenvalue weighted by atomic mass is 16.4. The van der Waals surface area contributed by atoms with E-state index in [1.165, 1.54) is 0 Å². The Kier molecular flexibility index (Phi) is 6.00. The summed E-state index contributed by atoms with van der Waals surface area (Å²) in [6.07, 6.45) is 3.15. The van der Waals surface area contributed by atoms with Crippen molar-refractivity contribution >= 4 is 11.9 Å². The second-order valence-corrected chi connectivity index (χ2v) is 5.73. The third-order valence-electron chi connectivity index (χ3n) is 3.75. The van der Waals surface area contributed by atoms with Gasteiger partial charge in [-0.1, -0.05) is 19.8 Å². The zero-order valence-corrected chi connectivity index (χ0v) is 13.6. The van der Waals surface area contributed by atoms with Crippen LogP contribution in [0.1, 0.15) is 72.1 Å². The number of aryl methyl sites for hydroxylation is 1. The quantitative estimate of drug-likeness (QED) is 0.757. The van der Waals surface area contributed by atoms with E-state index in [0.29, 0.717) is 23.4 Å². The summed E-state index contributed by atoms with van der Waals surface area (Å²) >= 11 is 0. The van der Waals surface area contributed by atoms with E-state index in [1.54, 1.807) is 13.8 Å². The molecule has 0 saturated carbocycles. The minimum atomic E-state index is -1.03. The number of H-pyrrole nitrogens is 1. The molecule has 0 saturated heterocycles. The van der Waals surface area contributed by atoms with Gasteiger partial charge in [-0.05, 0) is 39.7 Å². The number of aromatic carboxylic acids is 1. The van der Waals surface area contributed by atoms with Crippen LogP contribution in [0.2, 0.25) is 0 Å². The molecule has 0 spiro atoms. The van der Waals surface area contributed by atoms with Crippen molar-refractivity contribution in [2.75, 3.05) is 6.54 Å². The van der Waals surface area contributed by atoms with E-state index in [1.807, 2.05) is 18.7 Å². The van der Waals surface area contributed by atoms with Crippen molar-refractivity contribution in [3.63, 3.8) is 0 Å². The summed E-state index contributed by atoms with van der Waals surface area (Å²) in [5, 5.41) is 9.15. The van der Waals surface area contributed by atoms with Gasteiger partial charge >= 0.3 is 5.97 Å². The van der Waals surface area contributed by atoms with E-state index in [-0.39, 0.29) is 17.6 Å². The Bertz CT molecular complexity index is 518. The van der Waals surface area contributed by atoms with Crippen molar-refractivity contribution in [3.05, 3.63) is 22.5 Å². The van der Waals surface area contributed by atoms with Gasteiger partial charge < -0.3 is 15.0 Å². The van der Waals surface area contributed by atoms with E-state index in [9.17, 15) is 9.59 Å². The minimum Gasteiger partial charge on any atom is -0.477 e. The number of aromatic amines is 1. The highest BCUT2D eigenvalue weighted by Crippen LogP contribution is 2.21. The number of carboxylic acids is 1. The molecule has 0 aromatic carbocycles. The summed E-state index contributed by atoms with van der Waals surface area (Å²) in [4.78, 5) is 28.6. The lowest BCUT2D eigenvalue weighted by Gasteiger charge is -2.27. The number of hydrogen-bond acceptors (Lipinski definition) is 2. The molecule has 0 aliphatic rings. The number of carbonyl (C=O) groups is 2. The van der Waals surface area contributed by atoms with Crippen molar-refractivity contribution in [2.45, 2.75) is 59.9 Å². The lowest BCUT2D eigenvalue weighted by molar-refractivity contribution is 0.0689. The molecule has 0 aliphatic heterocycles. The molecule has 0 bridgehead atoms. The standard InChI is InChI=1S/C16H26N2O3/c1-6-7-8-9-18(10(2)3)15(19)13-11(4)14(16(20)21)17-12(13)5/h10,17H,6-9H2,1-5H3,(H,20,21). The summed E-state index contributed by atoms with van der Waals surface area (Å²) in [7, 11) is 0. The van der Waals surface area contributed by atoms with Crippen LogP contribution in [0.4, 0.5) is 0 Å². The van der Waals surface area contributed by atoms with E-state index >= 15 is 0 Å². The van der Waals surface area contributed by atoms with Crippen molar-refractivity contribution in [1.29, 1.82) is 0 Å². The second-order valence-electron chi connectivity index (χ2n) is 5.73. The highest BCUT2D eigenvalue weighted by molar-refractivity contribution is 6.00. The minimum absolute atomic E-state index is 0.0835. The van der Waals surface area contributed by atoms with E-state index in [2.05, 4.69) is 11.9 Å². The van der Waals surface area contributed by atoms with Gasteiger partial charge in [0.25, 0.3) is 5.91 Å². The largest absolute Gasteiger partial charge is 0.477 e. The van der Waals surface area contributed by atoms with Gasteiger partial charge in [0.05, 0.1) is 5.56 Å². The summed E-state index contributed by atoms with van der Waals surface area (Å²) in [6, 6.07) is 0.0938. The first-order valence-corrected chi connectivity index (χ1v) is 7.54. The van der Waals surface area contributed by atoms with Crippen molar-refractivity contribution in [2.24, 2.45) is 0 Å². The summed E-state index contributed by atoms with van der Waals surface area (Å²) in [5.74, 6) is -1.11. The Morgan fingerprint density at radius 2 is 1.86 bits per heavy atom. The van der Waals surface area contributed by atoms with Gasteiger partial charge in [0.2, 0.25) is 0 Å². The SMILES string of the molecule is CCCCCN(C(=O)c1c(C)[nH]c(C(=O)O)c1C)C(C)C. The molecule has 0 unspecified atom stereocenters. The van der Waals surface area contributed by atoms with Crippen LogP contribution in [0.15, 0.2) is 0 Å². The maximum atomic E-state index is 12.8. The number of carbonyl (C=O) groups excluding carboxylic acids is 1. The third kappa shape index (κ3) is 3.86. The number of rotatable bonds is 7. The number of nitrogens with one attached hydrogen (secondary N) is 1. The average Bonchev–Trinajstić information content (AvgIpc) is 2.69. The average molecular weight is 294 g/mol. The second kappa shape index (κ2) is 7.29. The summed E-state index contributed by atoms with van der Waals surface area (Å²) in [6.45, 7) is 10.2. The molecule has 118 valence electrons. The molecule has 1 rings (SSSR count). The van der Waals surface area contributed by atoms with Gasteiger partial charge in [-0.25, -0.2) is 4.79 Å². The van der Waals surface area contributed by atoms with Gasteiger partial charge in [0.1, 0.15) is 5.69 Å². The van der Waals surface area contributed by atoms with Crippen LogP contribution in [0.3, 0.4) is 0 Å². The normalized spacial score (nSPS) is 11.0. The molecule has 1 amide bonds. The summed E-state index contributed by atoms with van der Waals surface area (Å²) < 4.78 is 0. The molecule has 1 heterocycles. The van der Waals surface area contributed by atoms with Gasteiger partial charge in [-0.2, -0.15) is 0 Å². The van der Waals surface area contributed by atoms with Crippen molar-refractivity contribution in [3.8, 4) is 0 Å². The van der Waals surface area contributed by atoms with Crippen LogP contribution in [0.25, 0.3) is 0 Å². The number of unbranched alkanes of at least 4 members (excludes halogenated alkanes) is 2. The number of nitrogens with zero attached hydrogens (tertiary/aromatic N) is 1. The molecule has 5 nitrogen and oxygen atoms in total. The molecule has 0 atom stereocenters. The van der Waals surface area contributed by atoms with Crippen molar-refractivity contribution < 1.29 is 14.7 Å². The van der Waals surface area contributed by atoms with Crippen LogP contribution < -0.4 is 0 Å². The fraction of sp³-hybridized carbons (Fsp3) is 0.625. The maximum absolute atomic E-state index is 12.8. The number of carboxylic acid groups (broad SMARTS) is 1. The van der Waals surface area contributed by atoms with Crippen LogP contribution in [-0.4, -0.2) is 39.5 Å². The maximum Gasteiger partial charge on any atom is 0.352 e. The molecular weight excluding hydrogens is 268 g/mol. The van der Waals surface area contributed by atoms with E-state index < -0.39 is 5.97 Å². The Morgan fingerprint density at radius 3 is 2.29 bits per heavy atom. The number of aromatic nitrogens is 1. The Hall–Kier alpha value is -1.78. The molecule has 2 N–H and O–H groups in total. The highest BCUT2D eigenvalue weighted by Gasteiger charge is 2.26. The Morgan fingerprint density at radius 1 is 1.24 bits per heavy atom. The van der Waals surface area contributed by atoms with E-state index in [4.69, 9.17) is 5.11 Å². The smallest absolute Gasteiger partial charge is 0.352 e. The topological polar surface area (TPSA) is 73.4 Å². The summed E-state index contributed by atoms with van der Waals surface area (Å²) in [5.41, 5.74) is 1.74. The molecule has 1 aromatic rings. The third-order valence-corrected chi connectivity index (χ3v) is 3.75. The first-order valence-electron chi connectivity index (χ1n) is 7.54. The monoisotopic (exact) mass is 294 g/mol. The van der Waals surface area contributed by atoms with Crippen LogP contribution in [0, 0.1) is 13.8 Å². The number of hydrogen-bond donors (Lipinski definition) is 2. The lowest BCUT2D eigenvalue weighted by Crippen LogP contribution is -2.38. The molecule has 0 fully saturated rings. The first kappa shape index (κ1) is 17.3. The fourth-order valence-electron chi connectivity index (χ4n) is 2.55. The lowest BCUT2D eigenvalue weighted by atomic mass is 10.1. The number of amides is 1. The predicted molar refractivity (Wildman–Crippen MR) is 82.9 cm³/mol. The molecule has 0 radical (unpaired) electrons. The molecule has 1 aromatic heterocycles.